The minimum Gasteiger partial charge on any atom is -0.351 e. The van der Waals surface area contributed by atoms with Gasteiger partial charge in [0.2, 0.25) is 0 Å². The van der Waals surface area contributed by atoms with E-state index in [4.69, 9.17) is 0 Å². The maximum atomic E-state index is 12.0. The van der Waals surface area contributed by atoms with Crippen molar-refractivity contribution >= 4 is 27.5 Å². The molecule has 0 bridgehead atoms. The summed E-state index contributed by atoms with van der Waals surface area (Å²) < 4.78 is 0.376. The van der Waals surface area contributed by atoms with Crippen molar-refractivity contribution in [3.05, 3.63) is 38.3 Å². The zero-order valence-corrected chi connectivity index (χ0v) is 12.2. The molecule has 19 heavy (non-hydrogen) atoms. The smallest absolute Gasteiger partial charge is 0.284 e. The van der Waals surface area contributed by atoms with Crippen LogP contribution in [0.3, 0.4) is 0 Å². The Morgan fingerprint density at radius 1 is 1.53 bits per heavy atom. The van der Waals surface area contributed by atoms with Gasteiger partial charge < -0.3 is 5.32 Å². The van der Waals surface area contributed by atoms with Gasteiger partial charge in [-0.2, -0.15) is 0 Å². The van der Waals surface area contributed by atoms with Crippen LogP contribution in [0.4, 0.5) is 5.69 Å². The van der Waals surface area contributed by atoms with Crippen LogP contribution < -0.4 is 5.32 Å². The minimum absolute atomic E-state index is 0.0933. The van der Waals surface area contributed by atoms with Crippen molar-refractivity contribution in [1.29, 1.82) is 0 Å². The molecule has 2 rings (SSSR count). The van der Waals surface area contributed by atoms with E-state index in [-0.39, 0.29) is 17.0 Å². The van der Waals surface area contributed by atoms with Crippen molar-refractivity contribution in [2.45, 2.75) is 26.2 Å². The first-order valence-electron chi connectivity index (χ1n) is 6.19. The van der Waals surface area contributed by atoms with Gasteiger partial charge in [-0.25, -0.2) is 0 Å². The lowest BCUT2D eigenvalue weighted by molar-refractivity contribution is -0.385. The third-order valence-electron chi connectivity index (χ3n) is 3.74. The Hall–Kier alpha value is -1.43. The molecule has 1 aromatic rings. The number of carbonyl (C=O) groups excluding carboxylic acids is 1. The number of halogens is 1. The van der Waals surface area contributed by atoms with E-state index < -0.39 is 4.92 Å². The molecule has 1 fully saturated rings. The van der Waals surface area contributed by atoms with Crippen molar-refractivity contribution < 1.29 is 9.72 Å². The van der Waals surface area contributed by atoms with Gasteiger partial charge in [-0.05, 0) is 52.7 Å². The number of carbonyl (C=O) groups is 1. The highest BCUT2D eigenvalue weighted by atomic mass is 79.9. The maximum absolute atomic E-state index is 12.0. The second-order valence-electron chi connectivity index (χ2n) is 4.96. The van der Waals surface area contributed by atoms with Crippen molar-refractivity contribution in [2.75, 3.05) is 6.54 Å². The minimum atomic E-state index is -0.505. The zero-order chi connectivity index (χ0) is 14.0. The predicted molar refractivity (Wildman–Crippen MR) is 75.1 cm³/mol. The van der Waals surface area contributed by atoms with E-state index in [1.165, 1.54) is 12.1 Å². The van der Waals surface area contributed by atoms with Crippen molar-refractivity contribution in [2.24, 2.45) is 5.41 Å². The van der Waals surface area contributed by atoms with E-state index in [1.54, 1.807) is 6.07 Å². The van der Waals surface area contributed by atoms with E-state index >= 15 is 0 Å². The third kappa shape index (κ3) is 3.12. The number of hydrogen-bond donors (Lipinski definition) is 1. The van der Waals surface area contributed by atoms with Crippen LogP contribution in [-0.4, -0.2) is 17.4 Å². The average Bonchev–Trinajstić information content (AvgIpc) is 3.17. The first-order chi connectivity index (χ1) is 8.97. The number of nitrogens with one attached hydrogen (secondary N) is 1. The lowest BCUT2D eigenvalue weighted by atomic mass is 10.0. The predicted octanol–water partition coefficient (Wildman–Crippen LogP) is 3.28. The van der Waals surface area contributed by atoms with Crippen LogP contribution in [0.5, 0.6) is 0 Å². The molecular formula is C13H15BrN2O3. The highest BCUT2D eigenvalue weighted by Gasteiger charge is 2.40. The number of amides is 1. The molecule has 1 saturated carbocycles. The van der Waals surface area contributed by atoms with Crippen molar-refractivity contribution in [1.82, 2.24) is 5.32 Å². The lowest BCUT2D eigenvalue weighted by Crippen LogP contribution is -2.29. The monoisotopic (exact) mass is 326 g/mol. The summed E-state index contributed by atoms with van der Waals surface area (Å²) in [5.41, 5.74) is 0.489. The molecule has 0 aliphatic heterocycles. The molecule has 1 amide bonds. The fourth-order valence-corrected chi connectivity index (χ4v) is 2.39. The molecule has 0 heterocycles. The van der Waals surface area contributed by atoms with Crippen LogP contribution in [0.1, 0.15) is 36.5 Å². The molecule has 0 saturated heterocycles. The highest BCUT2D eigenvalue weighted by molar-refractivity contribution is 9.10. The summed E-state index contributed by atoms with van der Waals surface area (Å²) in [5, 5.41) is 13.7. The van der Waals surface area contributed by atoms with Gasteiger partial charge in [0.25, 0.3) is 11.6 Å². The maximum Gasteiger partial charge on any atom is 0.284 e. The highest BCUT2D eigenvalue weighted by Crippen LogP contribution is 2.47. The number of hydrogen-bond acceptors (Lipinski definition) is 3. The van der Waals surface area contributed by atoms with Crippen LogP contribution in [0.2, 0.25) is 0 Å². The van der Waals surface area contributed by atoms with E-state index in [2.05, 4.69) is 28.2 Å². The molecule has 0 spiro atoms. The molecule has 0 unspecified atom stereocenters. The Kier molecular flexibility index (Phi) is 3.89. The molecule has 0 atom stereocenters. The van der Waals surface area contributed by atoms with Gasteiger partial charge in [0.05, 0.1) is 9.40 Å². The van der Waals surface area contributed by atoms with Gasteiger partial charge in [0.1, 0.15) is 0 Å². The van der Waals surface area contributed by atoms with E-state index in [0.717, 1.165) is 19.3 Å². The molecule has 1 aliphatic carbocycles. The number of nitrogens with zero attached hydrogens (tertiary/aromatic N) is 1. The topological polar surface area (TPSA) is 72.2 Å². The van der Waals surface area contributed by atoms with Crippen LogP contribution in [-0.2, 0) is 0 Å². The van der Waals surface area contributed by atoms with Gasteiger partial charge >= 0.3 is 0 Å². The van der Waals surface area contributed by atoms with Crippen molar-refractivity contribution in [3.63, 3.8) is 0 Å². The molecule has 0 aromatic heterocycles. The van der Waals surface area contributed by atoms with Crippen LogP contribution >= 0.6 is 15.9 Å². The Morgan fingerprint density at radius 3 is 2.74 bits per heavy atom. The Labute approximate surface area is 119 Å². The summed E-state index contributed by atoms with van der Waals surface area (Å²) in [6, 6.07) is 4.41. The zero-order valence-electron chi connectivity index (χ0n) is 10.6. The molecule has 1 aliphatic rings. The summed E-state index contributed by atoms with van der Waals surface area (Å²) in [5.74, 6) is -0.254. The second kappa shape index (κ2) is 5.28. The van der Waals surface area contributed by atoms with E-state index in [1.807, 2.05) is 0 Å². The summed E-state index contributed by atoms with van der Waals surface area (Å²) in [7, 11) is 0. The summed E-state index contributed by atoms with van der Waals surface area (Å²) >= 11 is 3.10. The number of nitro benzene ring substituents is 1. The SMILES string of the molecule is CCC1(CNC(=O)c2ccc(Br)c([N+](=O)[O-])c2)CC1. The van der Waals surface area contributed by atoms with Gasteiger partial charge in [-0.15, -0.1) is 0 Å². The standard InChI is InChI=1S/C13H15BrN2O3/c1-2-13(5-6-13)8-15-12(17)9-3-4-10(14)11(7-9)16(18)19/h3-4,7H,2,5-6,8H2,1H3,(H,15,17). The Morgan fingerprint density at radius 2 is 2.21 bits per heavy atom. The second-order valence-corrected chi connectivity index (χ2v) is 5.81. The molecule has 1 aromatic carbocycles. The van der Waals surface area contributed by atoms with Gasteiger partial charge in [-0.3, -0.25) is 14.9 Å². The number of rotatable bonds is 5. The largest absolute Gasteiger partial charge is 0.351 e. The van der Waals surface area contributed by atoms with Crippen LogP contribution in [0.15, 0.2) is 22.7 Å². The van der Waals surface area contributed by atoms with Crippen LogP contribution in [0, 0.1) is 15.5 Å². The fourth-order valence-electron chi connectivity index (χ4n) is 2.00. The summed E-state index contributed by atoms with van der Waals surface area (Å²) in [6.45, 7) is 2.76. The Balaban J connectivity index is 2.07. The van der Waals surface area contributed by atoms with Gasteiger partial charge in [0.15, 0.2) is 0 Å². The van der Waals surface area contributed by atoms with E-state index in [0.29, 0.717) is 16.6 Å². The first kappa shape index (κ1) is 14.0. The third-order valence-corrected chi connectivity index (χ3v) is 4.41. The summed E-state index contributed by atoms with van der Waals surface area (Å²) in [4.78, 5) is 22.3. The molecule has 0 radical (unpaired) electrons. The number of benzene rings is 1. The van der Waals surface area contributed by atoms with E-state index in [9.17, 15) is 14.9 Å². The molecular weight excluding hydrogens is 312 g/mol. The van der Waals surface area contributed by atoms with Gasteiger partial charge in [0, 0.05) is 18.2 Å². The lowest BCUT2D eigenvalue weighted by Gasteiger charge is -2.13. The molecule has 1 N–H and O–H groups in total. The quantitative estimate of drug-likeness (QED) is 0.666. The Bertz CT molecular complexity index is 527. The molecule has 5 nitrogen and oxygen atoms in total. The summed E-state index contributed by atoms with van der Waals surface area (Å²) in [6.07, 6.45) is 3.34. The molecule has 6 heteroatoms. The number of nitro groups is 1. The van der Waals surface area contributed by atoms with Gasteiger partial charge in [-0.1, -0.05) is 6.92 Å². The normalized spacial score (nSPS) is 15.9. The fraction of sp³-hybridized carbons (Fsp3) is 0.462. The molecule has 102 valence electrons. The average molecular weight is 327 g/mol. The van der Waals surface area contributed by atoms with Crippen LogP contribution in [0.25, 0.3) is 0 Å². The van der Waals surface area contributed by atoms with Crippen molar-refractivity contribution in [3.8, 4) is 0 Å². The first-order valence-corrected chi connectivity index (χ1v) is 6.99.